The quantitative estimate of drug-likeness (QED) is 0.302. The molecule has 0 aliphatic carbocycles. The normalized spacial score (nSPS) is 14.1. The first-order valence-electron chi connectivity index (χ1n) is 9.95. The fourth-order valence-electron chi connectivity index (χ4n) is 2.86. The number of aliphatic imine (C=N–C) groups is 1. The zero-order chi connectivity index (χ0) is 20.8. The van der Waals surface area contributed by atoms with Crippen LogP contribution in [0.4, 0.5) is 0 Å². The fraction of sp³-hybridized carbons (Fsp3) is 0.545. The average molecular weight is 513 g/mol. The van der Waals surface area contributed by atoms with Gasteiger partial charge >= 0.3 is 0 Å². The van der Waals surface area contributed by atoms with Gasteiger partial charge < -0.3 is 15.7 Å². The molecule has 7 heteroatoms. The lowest BCUT2D eigenvalue weighted by Gasteiger charge is -2.21. The molecule has 162 valence electrons. The molecule has 0 bridgehead atoms. The summed E-state index contributed by atoms with van der Waals surface area (Å²) < 4.78 is 1.68. The van der Waals surface area contributed by atoms with Crippen LogP contribution >= 0.6 is 24.0 Å². The van der Waals surface area contributed by atoms with Gasteiger partial charge in [-0.2, -0.15) is 5.10 Å². The molecule has 2 rings (SSSR count). The number of hydrogen-bond acceptors (Lipinski definition) is 3. The van der Waals surface area contributed by atoms with Gasteiger partial charge in [0.25, 0.3) is 0 Å². The van der Waals surface area contributed by atoms with Crippen LogP contribution in [0.3, 0.4) is 0 Å². The standard InChI is InChI=1S/C22H35N5O.HI/c1-7-23-20(25-16-22(5,28)19-14-26-27(6)15-19)24-13-12-17-8-10-18(11-9-17)21(2,3)4;/h8-11,14-15,28H,7,12-13,16H2,1-6H3,(H2,23,24,25);1H. The summed E-state index contributed by atoms with van der Waals surface area (Å²) in [5.74, 6) is 0.706. The van der Waals surface area contributed by atoms with E-state index < -0.39 is 5.60 Å². The number of benzene rings is 1. The number of halogens is 1. The van der Waals surface area contributed by atoms with Crippen molar-refractivity contribution in [3.05, 3.63) is 53.3 Å². The van der Waals surface area contributed by atoms with Crippen molar-refractivity contribution < 1.29 is 5.11 Å². The molecule has 0 radical (unpaired) electrons. The number of guanidine groups is 1. The maximum absolute atomic E-state index is 10.7. The first-order chi connectivity index (χ1) is 13.1. The van der Waals surface area contributed by atoms with Crippen LogP contribution in [0.2, 0.25) is 0 Å². The van der Waals surface area contributed by atoms with E-state index in [4.69, 9.17) is 0 Å². The minimum atomic E-state index is -1.06. The lowest BCUT2D eigenvalue weighted by Crippen LogP contribution is -2.39. The molecule has 0 saturated heterocycles. The van der Waals surface area contributed by atoms with Crippen molar-refractivity contribution in [3.63, 3.8) is 0 Å². The molecule has 0 amide bonds. The third kappa shape index (κ3) is 7.97. The topological polar surface area (TPSA) is 74.5 Å². The van der Waals surface area contributed by atoms with E-state index in [0.29, 0.717) is 5.96 Å². The van der Waals surface area contributed by atoms with E-state index in [9.17, 15) is 5.11 Å². The highest BCUT2D eigenvalue weighted by atomic mass is 127. The first-order valence-corrected chi connectivity index (χ1v) is 9.95. The Morgan fingerprint density at radius 2 is 1.76 bits per heavy atom. The Kier molecular flexibility index (Phi) is 9.61. The summed E-state index contributed by atoms with van der Waals surface area (Å²) >= 11 is 0. The van der Waals surface area contributed by atoms with E-state index in [1.807, 2.05) is 20.2 Å². The van der Waals surface area contributed by atoms with Crippen LogP contribution in [-0.2, 0) is 24.5 Å². The molecule has 6 nitrogen and oxygen atoms in total. The lowest BCUT2D eigenvalue weighted by molar-refractivity contribution is 0.0672. The molecule has 1 unspecified atom stereocenters. The summed E-state index contributed by atoms with van der Waals surface area (Å²) in [6.07, 6.45) is 4.40. The SMILES string of the molecule is CCNC(=NCC(C)(O)c1cnn(C)c1)NCCc1ccc(C(C)(C)C)cc1.I. The van der Waals surface area contributed by atoms with Gasteiger partial charge in [0, 0.05) is 31.9 Å². The predicted octanol–water partition coefficient (Wildman–Crippen LogP) is 3.34. The van der Waals surface area contributed by atoms with Gasteiger partial charge in [0.05, 0.1) is 12.7 Å². The second-order valence-electron chi connectivity index (χ2n) is 8.50. The van der Waals surface area contributed by atoms with Crippen molar-refractivity contribution in [2.24, 2.45) is 12.0 Å². The summed E-state index contributed by atoms with van der Waals surface area (Å²) in [5.41, 5.74) is 2.51. The van der Waals surface area contributed by atoms with E-state index in [0.717, 1.165) is 25.1 Å². The van der Waals surface area contributed by atoms with Crippen molar-refractivity contribution in [1.82, 2.24) is 20.4 Å². The number of aryl methyl sites for hydroxylation is 1. The Morgan fingerprint density at radius 1 is 1.10 bits per heavy atom. The summed E-state index contributed by atoms with van der Waals surface area (Å²) in [7, 11) is 1.84. The second-order valence-corrected chi connectivity index (χ2v) is 8.50. The molecule has 1 atom stereocenters. The van der Waals surface area contributed by atoms with Gasteiger partial charge in [-0.3, -0.25) is 4.68 Å². The van der Waals surface area contributed by atoms with Crippen LogP contribution in [0.25, 0.3) is 0 Å². The van der Waals surface area contributed by atoms with Gasteiger partial charge in [-0.15, -0.1) is 24.0 Å². The Bertz CT molecular complexity index is 775. The highest BCUT2D eigenvalue weighted by Crippen LogP contribution is 2.22. The summed E-state index contributed by atoms with van der Waals surface area (Å²) in [4.78, 5) is 4.56. The van der Waals surface area contributed by atoms with Gasteiger partial charge in [0.15, 0.2) is 5.96 Å². The Labute approximate surface area is 192 Å². The number of nitrogens with zero attached hydrogens (tertiary/aromatic N) is 3. The molecule has 0 aliphatic rings. The van der Waals surface area contributed by atoms with Crippen molar-refractivity contribution >= 4 is 29.9 Å². The van der Waals surface area contributed by atoms with E-state index in [-0.39, 0.29) is 35.9 Å². The smallest absolute Gasteiger partial charge is 0.191 e. The molecule has 0 fully saturated rings. The molecule has 29 heavy (non-hydrogen) atoms. The monoisotopic (exact) mass is 513 g/mol. The summed E-state index contributed by atoms with van der Waals surface area (Å²) in [6, 6.07) is 8.80. The molecule has 0 aliphatic heterocycles. The van der Waals surface area contributed by atoms with Crippen molar-refractivity contribution in [1.29, 1.82) is 0 Å². The zero-order valence-electron chi connectivity index (χ0n) is 18.5. The van der Waals surface area contributed by atoms with Crippen LogP contribution in [-0.4, -0.2) is 40.5 Å². The molecule has 2 aromatic rings. The minimum absolute atomic E-state index is 0. The van der Waals surface area contributed by atoms with E-state index >= 15 is 0 Å². The van der Waals surface area contributed by atoms with Crippen LogP contribution in [0.1, 0.15) is 51.3 Å². The van der Waals surface area contributed by atoms with Crippen molar-refractivity contribution in [2.45, 2.75) is 52.1 Å². The highest BCUT2D eigenvalue weighted by Gasteiger charge is 2.24. The molecular formula is C22H36IN5O. The highest BCUT2D eigenvalue weighted by molar-refractivity contribution is 14.0. The number of aliphatic hydroxyl groups is 1. The van der Waals surface area contributed by atoms with Crippen LogP contribution in [0.5, 0.6) is 0 Å². The lowest BCUT2D eigenvalue weighted by atomic mass is 9.86. The largest absolute Gasteiger partial charge is 0.383 e. The third-order valence-electron chi connectivity index (χ3n) is 4.74. The molecule has 1 aromatic heterocycles. The van der Waals surface area contributed by atoms with Gasteiger partial charge in [-0.25, -0.2) is 4.99 Å². The maximum Gasteiger partial charge on any atom is 0.191 e. The Hall–Kier alpha value is -1.61. The third-order valence-corrected chi connectivity index (χ3v) is 4.74. The van der Waals surface area contributed by atoms with Gasteiger partial charge in [0.2, 0.25) is 0 Å². The number of aromatic nitrogens is 2. The number of nitrogens with one attached hydrogen (secondary N) is 2. The molecular weight excluding hydrogens is 477 g/mol. The maximum atomic E-state index is 10.7. The van der Waals surface area contributed by atoms with Gasteiger partial charge in [0.1, 0.15) is 5.60 Å². The van der Waals surface area contributed by atoms with Crippen molar-refractivity contribution in [3.8, 4) is 0 Å². The predicted molar refractivity (Wildman–Crippen MR) is 131 cm³/mol. The van der Waals surface area contributed by atoms with Crippen LogP contribution < -0.4 is 10.6 Å². The summed E-state index contributed by atoms with van der Waals surface area (Å²) in [6.45, 7) is 12.3. The Balaban J connectivity index is 0.00000420. The first kappa shape index (κ1) is 25.4. The average Bonchev–Trinajstić information content (AvgIpc) is 3.07. The number of hydrogen-bond donors (Lipinski definition) is 3. The fourth-order valence-corrected chi connectivity index (χ4v) is 2.86. The minimum Gasteiger partial charge on any atom is -0.383 e. The van der Waals surface area contributed by atoms with Crippen LogP contribution in [0.15, 0.2) is 41.7 Å². The van der Waals surface area contributed by atoms with Gasteiger partial charge in [-0.1, -0.05) is 45.0 Å². The van der Waals surface area contributed by atoms with Crippen LogP contribution in [0, 0.1) is 0 Å². The summed E-state index contributed by atoms with van der Waals surface area (Å²) in [5, 5.41) is 21.4. The molecule has 0 spiro atoms. The van der Waals surface area contributed by atoms with Crippen molar-refractivity contribution in [2.75, 3.05) is 19.6 Å². The van der Waals surface area contributed by atoms with E-state index in [2.05, 4.69) is 65.8 Å². The molecule has 3 N–H and O–H groups in total. The number of rotatable bonds is 7. The molecule has 1 aromatic carbocycles. The Morgan fingerprint density at radius 3 is 2.28 bits per heavy atom. The van der Waals surface area contributed by atoms with Gasteiger partial charge in [-0.05, 0) is 36.8 Å². The molecule has 1 heterocycles. The zero-order valence-corrected chi connectivity index (χ0v) is 20.8. The molecule has 0 saturated carbocycles. The van der Waals surface area contributed by atoms with E-state index in [1.54, 1.807) is 17.8 Å². The second kappa shape index (κ2) is 11.0. The van der Waals surface area contributed by atoms with E-state index in [1.165, 1.54) is 11.1 Å².